The van der Waals surface area contributed by atoms with E-state index in [2.05, 4.69) is 17.2 Å². The molecule has 0 aliphatic carbocycles. The van der Waals surface area contributed by atoms with Gasteiger partial charge in [-0.05, 0) is 24.6 Å². The Labute approximate surface area is 212 Å². The van der Waals surface area contributed by atoms with Gasteiger partial charge in [-0.25, -0.2) is 4.79 Å². The van der Waals surface area contributed by atoms with Crippen LogP contribution in [0.1, 0.15) is 33.9 Å². The zero-order valence-electron chi connectivity index (χ0n) is 20.1. The highest BCUT2D eigenvalue weighted by Crippen LogP contribution is 2.24. The lowest BCUT2D eigenvalue weighted by Gasteiger charge is -2.30. The average molecular weight is 510 g/mol. The molecule has 0 spiro atoms. The second kappa shape index (κ2) is 11.8. The first kappa shape index (κ1) is 26.9. The summed E-state index contributed by atoms with van der Waals surface area (Å²) in [6.45, 7) is 5.61. The topological polar surface area (TPSA) is 162 Å². The van der Waals surface area contributed by atoms with E-state index in [-0.39, 0.29) is 30.9 Å². The molecule has 1 heterocycles. The van der Waals surface area contributed by atoms with Crippen LogP contribution < -0.4 is 10.6 Å². The predicted molar refractivity (Wildman–Crippen MR) is 133 cm³/mol. The van der Waals surface area contributed by atoms with Crippen molar-refractivity contribution in [3.05, 3.63) is 88.0 Å². The third-order valence-corrected chi connectivity index (χ3v) is 5.77. The maximum atomic E-state index is 13.6. The summed E-state index contributed by atoms with van der Waals surface area (Å²) in [4.78, 5) is 64.3. The summed E-state index contributed by atoms with van der Waals surface area (Å²) in [6, 6.07) is 10.3. The fourth-order valence-electron chi connectivity index (χ4n) is 4.07. The normalized spacial score (nSPS) is 15.5. The minimum Gasteiger partial charge on any atom is -0.481 e. The molecule has 37 heavy (non-hydrogen) atoms. The number of urea groups is 1. The highest BCUT2D eigenvalue weighted by molar-refractivity contribution is 5.99. The van der Waals surface area contributed by atoms with E-state index in [4.69, 9.17) is 0 Å². The van der Waals surface area contributed by atoms with Crippen molar-refractivity contribution < 1.29 is 29.2 Å². The van der Waals surface area contributed by atoms with Gasteiger partial charge in [0, 0.05) is 37.3 Å². The third kappa shape index (κ3) is 6.48. The van der Waals surface area contributed by atoms with Gasteiger partial charge in [0.05, 0.1) is 17.4 Å². The van der Waals surface area contributed by atoms with E-state index >= 15 is 0 Å². The van der Waals surface area contributed by atoms with Crippen LogP contribution in [0.2, 0.25) is 0 Å². The number of nitro groups is 1. The molecule has 2 atom stereocenters. The van der Waals surface area contributed by atoms with Crippen LogP contribution in [0.25, 0.3) is 0 Å². The Kier molecular flexibility index (Phi) is 8.56. The maximum absolute atomic E-state index is 13.6. The number of aliphatic carboxylic acids is 1. The van der Waals surface area contributed by atoms with Crippen molar-refractivity contribution in [1.29, 1.82) is 0 Å². The minimum atomic E-state index is -1.38. The third-order valence-electron chi connectivity index (χ3n) is 5.77. The molecule has 0 radical (unpaired) electrons. The number of carboxylic acids is 1. The number of benzene rings is 2. The second-order valence-corrected chi connectivity index (χ2v) is 8.42. The van der Waals surface area contributed by atoms with Crippen molar-refractivity contribution in [3.63, 3.8) is 0 Å². The molecule has 194 valence electrons. The Morgan fingerprint density at radius 2 is 1.86 bits per heavy atom. The van der Waals surface area contributed by atoms with Crippen LogP contribution in [0.15, 0.2) is 61.2 Å². The van der Waals surface area contributed by atoms with Crippen LogP contribution >= 0.6 is 0 Å². The molecule has 4 amide bonds. The number of carboxylic acid groups (broad SMARTS) is 1. The summed E-state index contributed by atoms with van der Waals surface area (Å²) in [5.74, 6) is -2.53. The zero-order chi connectivity index (χ0) is 27.1. The van der Waals surface area contributed by atoms with Gasteiger partial charge in [0.15, 0.2) is 6.17 Å². The summed E-state index contributed by atoms with van der Waals surface area (Å²) in [5.41, 5.74) is 1.08. The molecule has 2 aromatic carbocycles. The first-order valence-corrected chi connectivity index (χ1v) is 11.4. The minimum absolute atomic E-state index is 0.0546. The molecule has 1 fully saturated rings. The van der Waals surface area contributed by atoms with E-state index in [0.29, 0.717) is 5.56 Å². The molecular weight excluding hydrogens is 482 g/mol. The van der Waals surface area contributed by atoms with Gasteiger partial charge in [-0.3, -0.25) is 29.4 Å². The van der Waals surface area contributed by atoms with Crippen LogP contribution in [-0.4, -0.2) is 69.4 Å². The molecule has 1 aliphatic rings. The van der Waals surface area contributed by atoms with Gasteiger partial charge in [0.25, 0.3) is 17.5 Å². The summed E-state index contributed by atoms with van der Waals surface area (Å²) >= 11 is 0. The monoisotopic (exact) mass is 509 g/mol. The quantitative estimate of drug-likeness (QED) is 0.265. The first-order valence-electron chi connectivity index (χ1n) is 11.4. The molecule has 12 nitrogen and oxygen atoms in total. The molecule has 2 aromatic rings. The molecule has 1 aliphatic heterocycles. The van der Waals surface area contributed by atoms with Crippen LogP contribution in [0.5, 0.6) is 0 Å². The zero-order valence-corrected chi connectivity index (χ0v) is 20.1. The predicted octanol–water partition coefficient (Wildman–Crippen LogP) is 2.21. The highest BCUT2D eigenvalue weighted by atomic mass is 16.6. The van der Waals surface area contributed by atoms with E-state index in [1.54, 1.807) is 18.2 Å². The van der Waals surface area contributed by atoms with Crippen LogP contribution in [0.3, 0.4) is 0 Å². The number of nitrogens with one attached hydrogen (secondary N) is 2. The molecular formula is C25H27N5O7. The summed E-state index contributed by atoms with van der Waals surface area (Å²) in [7, 11) is 0. The SMILES string of the molecule is C=CCNC(=O)N1CCN(C(=O)c2cccc(C)c2)C1C(=O)NC(CC(=O)O)c1cccc([N+](=O)[O-])c1. The number of carbonyl (C=O) groups excluding carboxylic acids is 3. The Balaban J connectivity index is 1.95. The largest absolute Gasteiger partial charge is 0.481 e. The van der Waals surface area contributed by atoms with Gasteiger partial charge < -0.3 is 20.6 Å². The smallest absolute Gasteiger partial charge is 0.319 e. The van der Waals surface area contributed by atoms with Crippen LogP contribution in [0, 0.1) is 17.0 Å². The van der Waals surface area contributed by atoms with E-state index in [9.17, 15) is 34.4 Å². The van der Waals surface area contributed by atoms with Gasteiger partial charge in [-0.15, -0.1) is 6.58 Å². The van der Waals surface area contributed by atoms with Crippen molar-refractivity contribution in [1.82, 2.24) is 20.4 Å². The fraction of sp³-hybridized carbons (Fsp3) is 0.280. The van der Waals surface area contributed by atoms with Crippen molar-refractivity contribution in [2.24, 2.45) is 0 Å². The number of nitrogens with zero attached hydrogens (tertiary/aromatic N) is 3. The molecule has 1 saturated heterocycles. The number of non-ortho nitro benzene ring substituents is 1. The van der Waals surface area contributed by atoms with Crippen molar-refractivity contribution in [2.45, 2.75) is 25.6 Å². The standard InChI is InChI=1S/C25H27N5O7/c1-3-10-26-25(35)29-12-11-28(24(34)18-8-4-6-16(2)13-18)23(29)22(33)27-20(15-21(31)32)17-7-5-9-19(14-17)30(36)37/h3-9,13-14,20,23H,1,10-12,15H2,2H3,(H,26,35)(H,27,33)(H,31,32). The summed E-state index contributed by atoms with van der Waals surface area (Å²) in [6.07, 6.45) is -0.495. The van der Waals surface area contributed by atoms with Crippen molar-refractivity contribution in [3.8, 4) is 0 Å². The van der Waals surface area contributed by atoms with Crippen LogP contribution in [-0.2, 0) is 9.59 Å². The Morgan fingerprint density at radius 1 is 1.16 bits per heavy atom. The van der Waals surface area contributed by atoms with E-state index in [1.807, 2.05) is 13.0 Å². The molecule has 3 rings (SSSR count). The van der Waals surface area contributed by atoms with Crippen LogP contribution in [0.4, 0.5) is 10.5 Å². The molecule has 3 N–H and O–H groups in total. The van der Waals surface area contributed by atoms with E-state index in [0.717, 1.165) is 5.56 Å². The number of carbonyl (C=O) groups is 4. The Morgan fingerprint density at radius 3 is 2.51 bits per heavy atom. The average Bonchev–Trinajstić information content (AvgIpc) is 3.31. The fourth-order valence-corrected chi connectivity index (χ4v) is 4.07. The molecule has 0 saturated carbocycles. The lowest BCUT2D eigenvalue weighted by Crippen LogP contribution is -2.56. The molecule has 12 heteroatoms. The van der Waals surface area contributed by atoms with Gasteiger partial charge in [0.1, 0.15) is 0 Å². The summed E-state index contributed by atoms with van der Waals surface area (Å²) < 4.78 is 0. The number of amides is 4. The Bertz CT molecular complexity index is 1230. The highest BCUT2D eigenvalue weighted by Gasteiger charge is 2.43. The van der Waals surface area contributed by atoms with Gasteiger partial charge in [-0.2, -0.15) is 0 Å². The number of rotatable bonds is 9. The van der Waals surface area contributed by atoms with Crippen molar-refractivity contribution >= 4 is 29.5 Å². The Hall–Kier alpha value is -4.74. The number of aryl methyl sites for hydroxylation is 1. The number of hydrogen-bond acceptors (Lipinski definition) is 6. The molecule has 0 aromatic heterocycles. The molecule has 2 unspecified atom stereocenters. The van der Waals surface area contributed by atoms with E-state index < -0.39 is 47.4 Å². The summed E-state index contributed by atoms with van der Waals surface area (Å²) in [5, 5.41) is 25.8. The van der Waals surface area contributed by atoms with Crippen molar-refractivity contribution in [2.75, 3.05) is 19.6 Å². The number of nitro benzene ring substituents is 1. The lowest BCUT2D eigenvalue weighted by molar-refractivity contribution is -0.384. The molecule has 0 bridgehead atoms. The number of hydrogen-bond donors (Lipinski definition) is 3. The van der Waals surface area contributed by atoms with E-state index in [1.165, 1.54) is 40.1 Å². The maximum Gasteiger partial charge on any atom is 0.319 e. The van der Waals surface area contributed by atoms with Gasteiger partial charge in [0.2, 0.25) is 0 Å². The first-order chi connectivity index (χ1) is 17.6. The second-order valence-electron chi connectivity index (χ2n) is 8.42. The van der Waals surface area contributed by atoms with Gasteiger partial charge >= 0.3 is 12.0 Å². The lowest BCUT2D eigenvalue weighted by atomic mass is 10.0. The van der Waals surface area contributed by atoms with Gasteiger partial charge in [-0.1, -0.05) is 35.9 Å².